The molecular weight excluding hydrogens is 371 g/mol. The second-order valence-corrected chi connectivity index (χ2v) is 8.24. The van der Waals surface area contributed by atoms with Crippen LogP contribution in [0.1, 0.15) is 23.5 Å². The number of anilines is 1. The molecule has 0 bridgehead atoms. The quantitative estimate of drug-likeness (QED) is 0.757. The average molecular weight is 389 g/mol. The summed E-state index contributed by atoms with van der Waals surface area (Å²) < 4.78 is 0. The van der Waals surface area contributed by atoms with E-state index in [1.807, 2.05) is 12.1 Å². The van der Waals surface area contributed by atoms with Crippen molar-refractivity contribution in [2.45, 2.75) is 24.8 Å². The summed E-state index contributed by atoms with van der Waals surface area (Å²) in [7, 11) is 0. The molecule has 6 heteroatoms. The summed E-state index contributed by atoms with van der Waals surface area (Å²) in [6.07, 6.45) is 1.11. The third-order valence-corrected chi connectivity index (χ3v) is 6.41. The lowest BCUT2D eigenvalue weighted by Gasteiger charge is -2.37. The Hall–Kier alpha value is -1.91. The highest BCUT2D eigenvalue weighted by molar-refractivity contribution is 6.35. The number of hydrogen-bond acceptors (Lipinski definition) is 2. The maximum atomic E-state index is 11.5. The lowest BCUT2D eigenvalue weighted by atomic mass is 9.86. The average Bonchev–Trinajstić information content (AvgIpc) is 3.16. The van der Waals surface area contributed by atoms with Gasteiger partial charge < -0.3 is 14.9 Å². The molecule has 134 valence electrons. The second kappa shape index (κ2) is 5.80. The van der Waals surface area contributed by atoms with E-state index in [4.69, 9.17) is 23.2 Å². The van der Waals surface area contributed by atoms with Crippen LogP contribution in [-0.4, -0.2) is 41.8 Å². The first kappa shape index (κ1) is 16.3. The zero-order valence-corrected chi connectivity index (χ0v) is 15.6. The van der Waals surface area contributed by atoms with Gasteiger partial charge in [-0.25, -0.2) is 4.79 Å². The summed E-state index contributed by atoms with van der Waals surface area (Å²) in [5.41, 5.74) is 6.09. The SMILES string of the molecule is O=C(O)N1CC[C@H]2[C@@H](C1)c1cc(-c3cc(Cl)cc(Cl)c3)cc3c1N2CC3. The largest absolute Gasteiger partial charge is 0.465 e. The van der Waals surface area contributed by atoms with E-state index < -0.39 is 6.09 Å². The van der Waals surface area contributed by atoms with E-state index in [9.17, 15) is 9.90 Å². The van der Waals surface area contributed by atoms with Gasteiger partial charge in [0.1, 0.15) is 0 Å². The molecule has 1 amide bonds. The molecular formula is C20H18Cl2N2O2. The minimum Gasteiger partial charge on any atom is -0.465 e. The van der Waals surface area contributed by atoms with Gasteiger partial charge >= 0.3 is 6.09 Å². The number of amides is 1. The third-order valence-electron chi connectivity index (χ3n) is 5.97. The Balaban J connectivity index is 1.62. The molecule has 0 saturated carbocycles. The Labute approximate surface area is 161 Å². The van der Waals surface area contributed by atoms with Gasteiger partial charge in [0.25, 0.3) is 0 Å². The zero-order chi connectivity index (χ0) is 18.0. The van der Waals surface area contributed by atoms with Gasteiger partial charge in [-0.05, 0) is 65.4 Å². The van der Waals surface area contributed by atoms with E-state index in [1.54, 1.807) is 11.0 Å². The third kappa shape index (κ3) is 2.39. The monoisotopic (exact) mass is 388 g/mol. The van der Waals surface area contributed by atoms with Gasteiger partial charge in [-0.3, -0.25) is 0 Å². The fourth-order valence-electron chi connectivity index (χ4n) is 4.91. The van der Waals surface area contributed by atoms with E-state index in [0.717, 1.165) is 30.5 Å². The molecule has 2 atom stereocenters. The smallest absolute Gasteiger partial charge is 0.407 e. The molecule has 3 heterocycles. The van der Waals surface area contributed by atoms with Crippen LogP contribution in [0.3, 0.4) is 0 Å². The van der Waals surface area contributed by atoms with Gasteiger partial charge in [0.05, 0.1) is 0 Å². The van der Waals surface area contributed by atoms with Crippen LogP contribution in [0.15, 0.2) is 30.3 Å². The first-order valence-electron chi connectivity index (χ1n) is 8.89. The molecule has 3 aliphatic heterocycles. The molecule has 1 saturated heterocycles. The van der Waals surface area contributed by atoms with Gasteiger partial charge in [-0.15, -0.1) is 0 Å². The first-order chi connectivity index (χ1) is 12.5. The predicted octanol–water partition coefficient (Wildman–Crippen LogP) is 4.87. The highest BCUT2D eigenvalue weighted by Gasteiger charge is 2.45. The molecule has 1 fully saturated rings. The first-order valence-corrected chi connectivity index (χ1v) is 9.64. The molecule has 0 aliphatic carbocycles. The Bertz CT molecular complexity index is 910. The van der Waals surface area contributed by atoms with Crippen molar-refractivity contribution in [1.29, 1.82) is 0 Å². The second-order valence-electron chi connectivity index (χ2n) is 7.37. The van der Waals surface area contributed by atoms with E-state index in [-0.39, 0.29) is 5.92 Å². The van der Waals surface area contributed by atoms with Crippen molar-refractivity contribution < 1.29 is 9.90 Å². The number of fused-ring (bicyclic) bond motifs is 3. The van der Waals surface area contributed by atoms with E-state index in [0.29, 0.717) is 29.2 Å². The number of likely N-dealkylation sites (tertiary alicyclic amines) is 1. The number of rotatable bonds is 1. The maximum Gasteiger partial charge on any atom is 0.407 e. The molecule has 5 rings (SSSR count). The van der Waals surface area contributed by atoms with Crippen LogP contribution in [0.4, 0.5) is 10.5 Å². The van der Waals surface area contributed by atoms with E-state index >= 15 is 0 Å². The van der Waals surface area contributed by atoms with Crippen molar-refractivity contribution in [1.82, 2.24) is 4.90 Å². The van der Waals surface area contributed by atoms with Crippen molar-refractivity contribution >= 4 is 35.0 Å². The molecule has 2 aromatic rings. The molecule has 1 N–H and O–H groups in total. The number of hydrogen-bond donors (Lipinski definition) is 1. The number of carbonyl (C=O) groups is 1. The fourth-order valence-corrected chi connectivity index (χ4v) is 5.43. The van der Waals surface area contributed by atoms with Crippen molar-refractivity contribution in [3.05, 3.63) is 51.5 Å². The number of nitrogens with zero attached hydrogens (tertiary/aromatic N) is 2. The summed E-state index contributed by atoms with van der Waals surface area (Å²) in [4.78, 5) is 15.5. The molecule has 2 aromatic carbocycles. The predicted molar refractivity (Wildman–Crippen MR) is 104 cm³/mol. The molecule has 3 aliphatic rings. The van der Waals surface area contributed by atoms with Crippen LogP contribution >= 0.6 is 23.2 Å². The van der Waals surface area contributed by atoms with Gasteiger partial charge in [0.2, 0.25) is 0 Å². The van der Waals surface area contributed by atoms with Crippen LogP contribution in [0.25, 0.3) is 11.1 Å². The van der Waals surface area contributed by atoms with Crippen molar-refractivity contribution in [2.24, 2.45) is 0 Å². The van der Waals surface area contributed by atoms with Gasteiger partial charge in [0, 0.05) is 47.3 Å². The number of piperidine rings is 1. The van der Waals surface area contributed by atoms with Crippen molar-refractivity contribution in [3.63, 3.8) is 0 Å². The number of halogens is 2. The summed E-state index contributed by atoms with van der Waals surface area (Å²) in [6.45, 7) is 2.21. The normalized spacial score (nSPS) is 23.2. The minimum absolute atomic E-state index is 0.239. The lowest BCUT2D eigenvalue weighted by Crippen LogP contribution is -2.47. The summed E-state index contributed by atoms with van der Waals surface area (Å²) in [6, 6.07) is 10.5. The van der Waals surface area contributed by atoms with Crippen LogP contribution < -0.4 is 4.90 Å². The Morgan fingerprint density at radius 2 is 1.77 bits per heavy atom. The molecule has 0 radical (unpaired) electrons. The molecule has 26 heavy (non-hydrogen) atoms. The zero-order valence-electron chi connectivity index (χ0n) is 14.1. The lowest BCUT2D eigenvalue weighted by molar-refractivity contribution is 0.127. The van der Waals surface area contributed by atoms with Gasteiger partial charge in [0.15, 0.2) is 0 Å². The molecule has 0 aromatic heterocycles. The minimum atomic E-state index is -0.821. The highest BCUT2D eigenvalue weighted by atomic mass is 35.5. The van der Waals surface area contributed by atoms with E-state index in [2.05, 4.69) is 17.0 Å². The van der Waals surface area contributed by atoms with Crippen LogP contribution in [0.2, 0.25) is 10.0 Å². The standard InChI is InChI=1S/C20H18Cl2N2O2/c21-14-6-13(7-15(22)9-14)12-5-11-1-4-24-18-2-3-23(20(25)26)10-17(18)16(8-12)19(11)24/h5-9,17-18H,1-4,10H2,(H,25,26)/t17-,18-/m0/s1. The highest BCUT2D eigenvalue weighted by Crippen LogP contribution is 2.50. The molecule has 4 nitrogen and oxygen atoms in total. The number of carboxylic acid groups (broad SMARTS) is 1. The Morgan fingerprint density at radius 3 is 2.50 bits per heavy atom. The van der Waals surface area contributed by atoms with Gasteiger partial charge in [-0.1, -0.05) is 23.2 Å². The maximum absolute atomic E-state index is 11.5. The summed E-state index contributed by atoms with van der Waals surface area (Å²) >= 11 is 12.4. The van der Waals surface area contributed by atoms with E-state index in [1.165, 1.54) is 16.8 Å². The molecule has 0 unspecified atom stereocenters. The fraction of sp³-hybridized carbons (Fsp3) is 0.350. The number of benzene rings is 2. The summed E-state index contributed by atoms with van der Waals surface area (Å²) in [5.74, 6) is 0.239. The van der Waals surface area contributed by atoms with Crippen LogP contribution in [-0.2, 0) is 6.42 Å². The van der Waals surface area contributed by atoms with Crippen molar-refractivity contribution in [2.75, 3.05) is 24.5 Å². The summed E-state index contributed by atoms with van der Waals surface area (Å²) in [5, 5.41) is 10.7. The van der Waals surface area contributed by atoms with Gasteiger partial charge in [-0.2, -0.15) is 0 Å². The Kier molecular flexibility index (Phi) is 3.63. The topological polar surface area (TPSA) is 43.8 Å². The Morgan fingerprint density at radius 1 is 1.04 bits per heavy atom. The van der Waals surface area contributed by atoms with Crippen LogP contribution in [0.5, 0.6) is 0 Å². The molecule has 0 spiro atoms. The van der Waals surface area contributed by atoms with Crippen LogP contribution in [0, 0.1) is 0 Å². The van der Waals surface area contributed by atoms with Crippen molar-refractivity contribution in [3.8, 4) is 11.1 Å².